The van der Waals surface area contributed by atoms with Gasteiger partial charge in [0.05, 0.1) is 6.04 Å². The van der Waals surface area contributed by atoms with Crippen molar-refractivity contribution in [3.05, 3.63) is 35.6 Å². The van der Waals surface area contributed by atoms with Gasteiger partial charge in [-0.25, -0.2) is 4.39 Å². The molecule has 0 spiro atoms. The van der Waals surface area contributed by atoms with Crippen LogP contribution in [0.5, 0.6) is 0 Å². The van der Waals surface area contributed by atoms with E-state index in [9.17, 15) is 14.0 Å². The number of primary amides is 1. The van der Waals surface area contributed by atoms with E-state index in [1.54, 1.807) is 0 Å². The molecule has 1 aliphatic rings. The quantitative estimate of drug-likeness (QED) is 0.793. The SMILES string of the molecule is C[C@@H](C(N)=O)N1CCN(CCC(=O)c2ccc(F)cc2)CC1. The molecule has 1 saturated heterocycles. The van der Waals surface area contributed by atoms with Crippen LogP contribution in [0, 0.1) is 5.82 Å². The number of hydrogen-bond donors (Lipinski definition) is 1. The van der Waals surface area contributed by atoms with Gasteiger partial charge >= 0.3 is 0 Å². The van der Waals surface area contributed by atoms with Crippen molar-refractivity contribution in [1.29, 1.82) is 0 Å². The van der Waals surface area contributed by atoms with Gasteiger partial charge in [-0.05, 0) is 31.2 Å². The highest BCUT2D eigenvalue weighted by molar-refractivity contribution is 5.96. The van der Waals surface area contributed by atoms with Gasteiger partial charge in [-0.15, -0.1) is 0 Å². The molecule has 0 aliphatic carbocycles. The number of carbonyl (C=O) groups is 2. The number of amides is 1. The van der Waals surface area contributed by atoms with Crippen LogP contribution in [-0.2, 0) is 4.79 Å². The van der Waals surface area contributed by atoms with Gasteiger partial charge < -0.3 is 10.6 Å². The Hall–Kier alpha value is -1.79. The van der Waals surface area contributed by atoms with E-state index in [2.05, 4.69) is 9.80 Å². The van der Waals surface area contributed by atoms with Crippen LogP contribution >= 0.6 is 0 Å². The largest absolute Gasteiger partial charge is 0.368 e. The average molecular weight is 307 g/mol. The number of nitrogens with zero attached hydrogens (tertiary/aromatic N) is 2. The van der Waals surface area contributed by atoms with Crippen molar-refractivity contribution < 1.29 is 14.0 Å². The van der Waals surface area contributed by atoms with Crippen molar-refractivity contribution in [2.45, 2.75) is 19.4 Å². The van der Waals surface area contributed by atoms with Crippen molar-refractivity contribution in [3.63, 3.8) is 0 Å². The van der Waals surface area contributed by atoms with Crippen LogP contribution in [0.2, 0.25) is 0 Å². The van der Waals surface area contributed by atoms with Gasteiger partial charge in [0, 0.05) is 44.7 Å². The first-order chi connectivity index (χ1) is 10.5. The van der Waals surface area contributed by atoms with Gasteiger partial charge in [-0.3, -0.25) is 14.5 Å². The van der Waals surface area contributed by atoms with Gasteiger partial charge in [-0.1, -0.05) is 0 Å². The molecule has 22 heavy (non-hydrogen) atoms. The predicted octanol–water partition coefficient (Wildman–Crippen LogP) is 0.890. The Bertz CT molecular complexity index is 525. The molecule has 120 valence electrons. The van der Waals surface area contributed by atoms with Crippen LogP contribution in [-0.4, -0.2) is 60.3 Å². The summed E-state index contributed by atoms with van der Waals surface area (Å²) in [6.45, 7) is 5.66. The molecular formula is C16H22FN3O2. The Morgan fingerprint density at radius 3 is 2.32 bits per heavy atom. The van der Waals surface area contributed by atoms with E-state index in [4.69, 9.17) is 5.73 Å². The summed E-state index contributed by atoms with van der Waals surface area (Å²) >= 11 is 0. The Kier molecular flexibility index (Phi) is 5.63. The third-order valence-corrected chi connectivity index (χ3v) is 4.19. The number of halogens is 1. The van der Waals surface area contributed by atoms with E-state index in [0.717, 1.165) is 26.2 Å². The summed E-state index contributed by atoms with van der Waals surface area (Å²) in [6, 6.07) is 5.39. The zero-order valence-corrected chi connectivity index (χ0v) is 12.8. The third-order valence-electron chi connectivity index (χ3n) is 4.19. The topological polar surface area (TPSA) is 66.6 Å². The number of piperazine rings is 1. The lowest BCUT2D eigenvalue weighted by Crippen LogP contribution is -2.53. The molecule has 1 fully saturated rings. The highest BCUT2D eigenvalue weighted by atomic mass is 19.1. The first-order valence-corrected chi connectivity index (χ1v) is 7.52. The summed E-state index contributed by atoms with van der Waals surface area (Å²) in [5, 5.41) is 0. The molecule has 2 N–H and O–H groups in total. The van der Waals surface area contributed by atoms with Crippen molar-refractivity contribution in [2.24, 2.45) is 5.73 Å². The molecule has 6 heteroatoms. The first kappa shape index (κ1) is 16.6. The zero-order valence-electron chi connectivity index (χ0n) is 12.8. The lowest BCUT2D eigenvalue weighted by molar-refractivity contribution is -0.123. The fourth-order valence-corrected chi connectivity index (χ4v) is 2.59. The highest BCUT2D eigenvalue weighted by Gasteiger charge is 2.24. The number of rotatable bonds is 6. The summed E-state index contributed by atoms with van der Waals surface area (Å²) in [7, 11) is 0. The van der Waals surface area contributed by atoms with Gasteiger partial charge in [0.25, 0.3) is 0 Å². The Labute approximate surface area is 129 Å². The summed E-state index contributed by atoms with van der Waals surface area (Å²) in [6.07, 6.45) is 0.414. The molecular weight excluding hydrogens is 285 g/mol. The molecule has 0 bridgehead atoms. The third kappa shape index (κ3) is 4.35. The summed E-state index contributed by atoms with van der Waals surface area (Å²) in [5.74, 6) is -0.621. The summed E-state index contributed by atoms with van der Waals surface area (Å²) < 4.78 is 12.8. The van der Waals surface area contributed by atoms with Crippen LogP contribution in [0.3, 0.4) is 0 Å². The minimum Gasteiger partial charge on any atom is -0.368 e. The van der Waals surface area contributed by atoms with Gasteiger partial charge in [0.2, 0.25) is 5.91 Å². The van der Waals surface area contributed by atoms with E-state index in [1.807, 2.05) is 6.92 Å². The average Bonchev–Trinajstić information content (AvgIpc) is 2.53. The molecule has 1 heterocycles. The number of carbonyl (C=O) groups excluding carboxylic acids is 2. The lowest BCUT2D eigenvalue weighted by atomic mass is 10.1. The van der Waals surface area contributed by atoms with E-state index in [-0.39, 0.29) is 23.5 Å². The number of ketones is 1. The van der Waals surface area contributed by atoms with E-state index in [1.165, 1.54) is 24.3 Å². The Balaban J connectivity index is 1.76. The van der Waals surface area contributed by atoms with Gasteiger partial charge in [0.1, 0.15) is 5.82 Å². The second kappa shape index (κ2) is 7.47. The molecule has 0 radical (unpaired) electrons. The standard InChI is InChI=1S/C16H22FN3O2/c1-12(16(18)22)20-10-8-19(9-11-20)7-6-15(21)13-2-4-14(17)5-3-13/h2-5,12H,6-11H2,1H3,(H2,18,22)/t12-/m0/s1. The molecule has 1 atom stereocenters. The molecule has 0 unspecified atom stereocenters. The maximum absolute atomic E-state index is 12.8. The van der Waals surface area contributed by atoms with Crippen molar-refractivity contribution in [3.8, 4) is 0 Å². The maximum atomic E-state index is 12.8. The summed E-state index contributed by atoms with van der Waals surface area (Å²) in [5.41, 5.74) is 5.85. The molecule has 1 aromatic carbocycles. The van der Waals surface area contributed by atoms with E-state index in [0.29, 0.717) is 18.5 Å². The maximum Gasteiger partial charge on any atom is 0.234 e. The fourth-order valence-electron chi connectivity index (χ4n) is 2.59. The van der Waals surface area contributed by atoms with Crippen molar-refractivity contribution in [1.82, 2.24) is 9.80 Å². The molecule has 0 saturated carbocycles. The lowest BCUT2D eigenvalue weighted by Gasteiger charge is -2.36. The second-order valence-corrected chi connectivity index (χ2v) is 5.64. The van der Waals surface area contributed by atoms with Crippen molar-refractivity contribution >= 4 is 11.7 Å². The smallest absolute Gasteiger partial charge is 0.234 e. The highest BCUT2D eigenvalue weighted by Crippen LogP contribution is 2.09. The van der Waals surface area contributed by atoms with Gasteiger partial charge in [0.15, 0.2) is 5.78 Å². The first-order valence-electron chi connectivity index (χ1n) is 7.52. The Morgan fingerprint density at radius 1 is 1.18 bits per heavy atom. The van der Waals surface area contributed by atoms with Crippen LogP contribution in [0.15, 0.2) is 24.3 Å². The Morgan fingerprint density at radius 2 is 1.77 bits per heavy atom. The van der Waals surface area contributed by atoms with Crippen LogP contribution in [0.1, 0.15) is 23.7 Å². The molecule has 0 aromatic heterocycles. The molecule has 1 amide bonds. The molecule has 5 nitrogen and oxygen atoms in total. The zero-order chi connectivity index (χ0) is 16.1. The minimum atomic E-state index is -0.337. The summed E-state index contributed by atoms with van der Waals surface area (Å²) in [4.78, 5) is 27.5. The van der Waals surface area contributed by atoms with Crippen LogP contribution in [0.4, 0.5) is 4.39 Å². The predicted molar refractivity (Wildman–Crippen MR) is 82.0 cm³/mol. The van der Waals surface area contributed by atoms with Crippen LogP contribution < -0.4 is 5.73 Å². The van der Waals surface area contributed by atoms with Gasteiger partial charge in [-0.2, -0.15) is 0 Å². The molecule has 1 aliphatic heterocycles. The normalized spacial score (nSPS) is 18.1. The van der Waals surface area contributed by atoms with Crippen molar-refractivity contribution in [2.75, 3.05) is 32.7 Å². The number of benzene rings is 1. The monoisotopic (exact) mass is 307 g/mol. The minimum absolute atomic E-state index is 0.0212. The number of nitrogens with two attached hydrogens (primary N) is 1. The number of Topliss-reactive ketones (excluding diaryl/α,β-unsaturated/α-hetero) is 1. The van der Waals surface area contributed by atoms with E-state index >= 15 is 0 Å². The fraction of sp³-hybridized carbons (Fsp3) is 0.500. The molecule has 2 rings (SSSR count). The van der Waals surface area contributed by atoms with E-state index < -0.39 is 0 Å². The van der Waals surface area contributed by atoms with Crippen LogP contribution in [0.25, 0.3) is 0 Å². The number of hydrogen-bond acceptors (Lipinski definition) is 4. The second-order valence-electron chi connectivity index (χ2n) is 5.64. The molecule has 1 aromatic rings.